The Kier molecular flexibility index (Phi) is 6.72. The Morgan fingerprint density at radius 3 is 2.46 bits per heavy atom. The number of likely N-dealkylation sites (tertiary alicyclic amines) is 1. The number of likely N-dealkylation sites (N-methyl/N-ethyl adjacent to an activating group) is 1. The van der Waals surface area contributed by atoms with Gasteiger partial charge >= 0.3 is 0 Å². The average molecular weight is 359 g/mol. The third-order valence-corrected chi connectivity index (χ3v) is 5.70. The molecule has 0 radical (unpaired) electrons. The molecule has 1 N–H and O–H groups in total. The highest BCUT2D eigenvalue weighted by Gasteiger charge is 2.19. The first-order chi connectivity index (χ1) is 12.7. The van der Waals surface area contributed by atoms with Gasteiger partial charge in [0.05, 0.1) is 0 Å². The summed E-state index contributed by atoms with van der Waals surface area (Å²) in [7, 11) is 1.87. The summed E-state index contributed by atoms with van der Waals surface area (Å²) in [5, 5.41) is 3.50. The Balaban J connectivity index is 1.49. The summed E-state index contributed by atoms with van der Waals surface area (Å²) in [5.41, 5.74) is 1.20. The molecule has 0 atom stereocenters. The fourth-order valence-corrected chi connectivity index (χ4v) is 3.74. The average Bonchev–Trinajstić information content (AvgIpc) is 2.70. The van der Waals surface area contributed by atoms with Gasteiger partial charge < -0.3 is 20.0 Å². The van der Waals surface area contributed by atoms with Gasteiger partial charge in [-0.3, -0.25) is 4.99 Å². The first-order valence-electron chi connectivity index (χ1n) is 10.1. The maximum atomic E-state index is 4.69. The van der Waals surface area contributed by atoms with Crippen LogP contribution in [0.3, 0.4) is 0 Å². The number of hydrogen-bond acceptors (Lipinski definition) is 4. The van der Waals surface area contributed by atoms with E-state index in [1.165, 1.54) is 18.4 Å². The van der Waals surface area contributed by atoms with E-state index in [2.05, 4.69) is 51.0 Å². The van der Waals surface area contributed by atoms with Gasteiger partial charge in [0.25, 0.3) is 0 Å². The highest BCUT2D eigenvalue weighted by molar-refractivity contribution is 5.79. The number of aromatic nitrogens is 1. The van der Waals surface area contributed by atoms with Crippen LogP contribution >= 0.6 is 0 Å². The molecule has 0 spiro atoms. The lowest BCUT2D eigenvalue weighted by Gasteiger charge is -2.34. The van der Waals surface area contributed by atoms with Crippen molar-refractivity contribution in [2.24, 2.45) is 10.9 Å². The molecule has 3 rings (SSSR count). The Bertz CT molecular complexity index is 568. The fraction of sp³-hybridized carbons (Fsp3) is 0.700. The number of nitrogens with one attached hydrogen (secondary N) is 1. The monoisotopic (exact) mass is 358 g/mol. The van der Waals surface area contributed by atoms with Crippen LogP contribution in [-0.2, 0) is 6.54 Å². The summed E-state index contributed by atoms with van der Waals surface area (Å²) in [6, 6.07) is 4.34. The van der Waals surface area contributed by atoms with Crippen LogP contribution in [0.5, 0.6) is 0 Å². The lowest BCUT2D eigenvalue weighted by Crippen LogP contribution is -2.46. The van der Waals surface area contributed by atoms with Crippen LogP contribution < -0.4 is 10.2 Å². The summed E-state index contributed by atoms with van der Waals surface area (Å²) < 4.78 is 0. The van der Waals surface area contributed by atoms with E-state index < -0.39 is 0 Å². The van der Waals surface area contributed by atoms with Crippen LogP contribution in [0.1, 0.15) is 32.3 Å². The third-order valence-electron chi connectivity index (χ3n) is 5.70. The molecule has 26 heavy (non-hydrogen) atoms. The predicted octanol–water partition coefficient (Wildman–Crippen LogP) is 2.03. The quantitative estimate of drug-likeness (QED) is 0.659. The van der Waals surface area contributed by atoms with Gasteiger partial charge in [-0.1, -0.05) is 19.9 Å². The smallest absolute Gasteiger partial charge is 0.193 e. The molecule has 6 nitrogen and oxygen atoms in total. The SMILES string of the molecule is CCN1CCN(c2ccc(CNC(=NC)N3CCC(C)CC3)cn2)CC1. The molecule has 2 aliphatic heterocycles. The van der Waals surface area contributed by atoms with Crippen LogP contribution in [0.25, 0.3) is 0 Å². The molecule has 6 heteroatoms. The zero-order valence-corrected chi connectivity index (χ0v) is 16.6. The Labute approximate surface area is 158 Å². The van der Waals surface area contributed by atoms with Gasteiger partial charge in [-0.2, -0.15) is 0 Å². The van der Waals surface area contributed by atoms with Crippen molar-refractivity contribution in [3.63, 3.8) is 0 Å². The normalized spacial score (nSPS) is 20.5. The van der Waals surface area contributed by atoms with E-state index in [-0.39, 0.29) is 0 Å². The molecule has 0 bridgehead atoms. The maximum Gasteiger partial charge on any atom is 0.193 e. The van der Waals surface area contributed by atoms with E-state index in [1.807, 2.05) is 13.2 Å². The number of guanidine groups is 1. The molecule has 2 fully saturated rings. The van der Waals surface area contributed by atoms with Gasteiger partial charge in [0.2, 0.25) is 0 Å². The van der Waals surface area contributed by atoms with Crippen molar-refractivity contribution in [2.75, 3.05) is 57.8 Å². The molecule has 144 valence electrons. The van der Waals surface area contributed by atoms with E-state index in [0.29, 0.717) is 0 Å². The summed E-state index contributed by atoms with van der Waals surface area (Å²) in [6.07, 6.45) is 4.50. The van der Waals surface area contributed by atoms with Crippen molar-refractivity contribution >= 4 is 11.8 Å². The minimum atomic E-state index is 0.773. The third kappa shape index (κ3) is 4.87. The second kappa shape index (κ2) is 9.21. The van der Waals surface area contributed by atoms with Crippen molar-refractivity contribution in [1.29, 1.82) is 0 Å². The van der Waals surface area contributed by atoms with Crippen molar-refractivity contribution < 1.29 is 0 Å². The number of aliphatic imine (C=N–C) groups is 1. The van der Waals surface area contributed by atoms with Crippen LogP contribution in [0.2, 0.25) is 0 Å². The molecule has 2 aliphatic rings. The molecule has 1 aromatic heterocycles. The zero-order chi connectivity index (χ0) is 18.4. The number of hydrogen-bond donors (Lipinski definition) is 1. The van der Waals surface area contributed by atoms with Gasteiger partial charge in [-0.15, -0.1) is 0 Å². The van der Waals surface area contributed by atoms with Crippen molar-refractivity contribution in [3.8, 4) is 0 Å². The second-order valence-corrected chi connectivity index (χ2v) is 7.52. The number of piperidine rings is 1. The summed E-state index contributed by atoms with van der Waals surface area (Å²) >= 11 is 0. The molecule has 2 saturated heterocycles. The molecular formula is C20H34N6. The van der Waals surface area contributed by atoms with E-state index in [9.17, 15) is 0 Å². The maximum absolute atomic E-state index is 4.69. The van der Waals surface area contributed by atoms with Crippen LogP contribution in [0.4, 0.5) is 5.82 Å². The van der Waals surface area contributed by atoms with Crippen LogP contribution in [0, 0.1) is 5.92 Å². The fourth-order valence-electron chi connectivity index (χ4n) is 3.74. The van der Waals surface area contributed by atoms with E-state index in [4.69, 9.17) is 4.98 Å². The van der Waals surface area contributed by atoms with Crippen molar-refractivity contribution in [1.82, 2.24) is 20.1 Å². The van der Waals surface area contributed by atoms with E-state index in [0.717, 1.165) is 70.1 Å². The summed E-state index contributed by atoms with van der Waals surface area (Å²) in [4.78, 5) is 16.4. The summed E-state index contributed by atoms with van der Waals surface area (Å²) in [6.45, 7) is 13.1. The van der Waals surface area contributed by atoms with Crippen LogP contribution in [-0.4, -0.2) is 73.6 Å². The highest BCUT2D eigenvalue weighted by atomic mass is 15.3. The zero-order valence-electron chi connectivity index (χ0n) is 16.6. The number of nitrogens with zero attached hydrogens (tertiary/aromatic N) is 5. The predicted molar refractivity (Wildman–Crippen MR) is 109 cm³/mol. The van der Waals surface area contributed by atoms with Crippen molar-refractivity contribution in [3.05, 3.63) is 23.9 Å². The number of rotatable bonds is 4. The Morgan fingerprint density at radius 2 is 1.88 bits per heavy atom. The van der Waals surface area contributed by atoms with Crippen molar-refractivity contribution in [2.45, 2.75) is 33.2 Å². The molecular weight excluding hydrogens is 324 g/mol. The molecule has 0 unspecified atom stereocenters. The summed E-state index contributed by atoms with van der Waals surface area (Å²) in [5.74, 6) is 2.94. The standard InChI is InChI=1S/C20H34N6/c1-4-24-11-13-25(14-12-24)19-6-5-18(15-22-19)16-23-20(21-3)26-9-7-17(2)8-10-26/h5-6,15,17H,4,7-14,16H2,1-3H3,(H,21,23). The molecule has 1 aromatic rings. The minimum absolute atomic E-state index is 0.773. The van der Waals surface area contributed by atoms with Gasteiger partial charge in [0.1, 0.15) is 5.82 Å². The van der Waals surface area contributed by atoms with Gasteiger partial charge in [-0.25, -0.2) is 4.98 Å². The number of pyridine rings is 1. The highest BCUT2D eigenvalue weighted by Crippen LogP contribution is 2.16. The van der Waals surface area contributed by atoms with Crippen LogP contribution in [0.15, 0.2) is 23.3 Å². The minimum Gasteiger partial charge on any atom is -0.354 e. The first-order valence-corrected chi connectivity index (χ1v) is 10.1. The molecule has 0 amide bonds. The van der Waals surface area contributed by atoms with Gasteiger partial charge in [0.15, 0.2) is 5.96 Å². The van der Waals surface area contributed by atoms with E-state index in [1.54, 1.807) is 0 Å². The topological polar surface area (TPSA) is 47.0 Å². The molecule has 0 saturated carbocycles. The largest absolute Gasteiger partial charge is 0.354 e. The number of anilines is 1. The Hall–Kier alpha value is -1.82. The van der Waals surface area contributed by atoms with E-state index >= 15 is 0 Å². The lowest BCUT2D eigenvalue weighted by molar-refractivity contribution is 0.270. The van der Waals surface area contributed by atoms with Gasteiger partial charge in [0, 0.05) is 59.1 Å². The molecule has 3 heterocycles. The number of piperazine rings is 1. The lowest BCUT2D eigenvalue weighted by atomic mass is 10.00. The Morgan fingerprint density at radius 1 is 1.15 bits per heavy atom. The molecule has 0 aromatic carbocycles. The second-order valence-electron chi connectivity index (χ2n) is 7.52. The van der Waals surface area contributed by atoms with Gasteiger partial charge in [-0.05, 0) is 36.9 Å². The first kappa shape index (κ1) is 19.0. The molecule has 0 aliphatic carbocycles.